The highest BCUT2D eigenvalue weighted by atomic mass is 16.6. The number of epoxide rings is 1. The van der Waals surface area contributed by atoms with E-state index in [-0.39, 0.29) is 5.78 Å². The molecule has 2 fully saturated rings. The third-order valence-corrected chi connectivity index (χ3v) is 4.01. The van der Waals surface area contributed by atoms with E-state index in [0.717, 1.165) is 12.8 Å². The van der Waals surface area contributed by atoms with Gasteiger partial charge in [-0.05, 0) is 19.3 Å². The average molecular weight is 255 g/mol. The number of Topliss-reactive ketones (excluding diaryl/α,β-unsaturated/α-hetero) is 1. The summed E-state index contributed by atoms with van der Waals surface area (Å²) in [5.41, 5.74) is -0.748. The number of amides is 1. The second kappa shape index (κ2) is 5.26. The van der Waals surface area contributed by atoms with Crippen LogP contribution in [0.15, 0.2) is 0 Å². The van der Waals surface area contributed by atoms with E-state index in [1.165, 1.54) is 19.3 Å². The second-order valence-electron chi connectivity index (χ2n) is 5.63. The van der Waals surface area contributed by atoms with Crippen LogP contribution in [0.5, 0.6) is 0 Å². The predicted molar refractivity (Wildman–Crippen MR) is 65.5 cm³/mol. The van der Waals surface area contributed by atoms with Gasteiger partial charge in [-0.1, -0.05) is 32.1 Å². The minimum atomic E-state index is -1.13. The molecule has 1 saturated heterocycles. The third-order valence-electron chi connectivity index (χ3n) is 4.01. The van der Waals surface area contributed by atoms with Crippen molar-refractivity contribution in [1.29, 1.82) is 0 Å². The van der Waals surface area contributed by atoms with Crippen LogP contribution in [-0.4, -0.2) is 35.2 Å². The van der Waals surface area contributed by atoms with Gasteiger partial charge in [0.2, 0.25) is 0 Å². The lowest BCUT2D eigenvalue weighted by Crippen LogP contribution is -2.46. The summed E-state index contributed by atoms with van der Waals surface area (Å²) in [6, 6.07) is -0.613. The first-order valence-corrected chi connectivity index (χ1v) is 6.69. The van der Waals surface area contributed by atoms with Crippen molar-refractivity contribution in [2.75, 3.05) is 6.61 Å². The zero-order valence-corrected chi connectivity index (χ0v) is 10.8. The van der Waals surface area contributed by atoms with Gasteiger partial charge in [0.1, 0.15) is 5.60 Å². The van der Waals surface area contributed by atoms with E-state index < -0.39 is 17.7 Å². The number of hydrogen-bond donors (Lipinski definition) is 2. The standard InChI is InChI=1S/C13H21NO4/c1-13(8-18-13)11(15)10(14-12(16)17)7-9-5-3-2-4-6-9/h9-10,14H,2-8H2,1H3,(H,16,17)/t10-,13+/m0/s1. The second-order valence-corrected chi connectivity index (χ2v) is 5.63. The van der Waals surface area contributed by atoms with E-state index in [9.17, 15) is 9.59 Å². The third kappa shape index (κ3) is 3.22. The molecule has 1 aliphatic heterocycles. The molecule has 102 valence electrons. The molecule has 0 aromatic heterocycles. The van der Waals surface area contributed by atoms with Crippen LogP contribution in [0.4, 0.5) is 4.79 Å². The summed E-state index contributed by atoms with van der Waals surface area (Å²) >= 11 is 0. The number of ketones is 1. The van der Waals surface area contributed by atoms with Gasteiger partial charge in [-0.3, -0.25) is 4.79 Å². The van der Waals surface area contributed by atoms with E-state index in [1.807, 2.05) is 0 Å². The molecule has 1 amide bonds. The minimum absolute atomic E-state index is 0.115. The highest BCUT2D eigenvalue weighted by Gasteiger charge is 2.50. The Balaban J connectivity index is 1.95. The molecule has 2 N–H and O–H groups in total. The summed E-state index contributed by atoms with van der Waals surface area (Å²) in [4.78, 5) is 23.0. The number of carboxylic acid groups (broad SMARTS) is 1. The Morgan fingerprint density at radius 3 is 2.50 bits per heavy atom. The molecule has 1 heterocycles. The summed E-state index contributed by atoms with van der Waals surface area (Å²) in [7, 11) is 0. The molecular weight excluding hydrogens is 234 g/mol. The Hall–Kier alpha value is -1.10. The first-order chi connectivity index (χ1) is 8.51. The molecule has 0 aromatic rings. The lowest BCUT2D eigenvalue weighted by Gasteiger charge is -2.26. The van der Waals surface area contributed by atoms with Crippen molar-refractivity contribution in [2.45, 2.75) is 57.1 Å². The summed E-state index contributed by atoms with van der Waals surface area (Å²) in [5, 5.41) is 11.2. The van der Waals surface area contributed by atoms with Crippen molar-refractivity contribution in [1.82, 2.24) is 5.32 Å². The molecular formula is C13H21NO4. The van der Waals surface area contributed by atoms with Crippen molar-refractivity contribution in [3.63, 3.8) is 0 Å². The van der Waals surface area contributed by atoms with Crippen LogP contribution in [0.2, 0.25) is 0 Å². The molecule has 1 aliphatic carbocycles. The van der Waals surface area contributed by atoms with Crippen molar-refractivity contribution in [3.05, 3.63) is 0 Å². The van der Waals surface area contributed by atoms with Gasteiger partial charge in [-0.15, -0.1) is 0 Å². The maximum absolute atomic E-state index is 12.2. The summed E-state index contributed by atoms with van der Waals surface area (Å²) in [6.45, 7) is 2.14. The fourth-order valence-electron chi connectivity index (χ4n) is 2.76. The average Bonchev–Trinajstić information content (AvgIpc) is 3.08. The monoisotopic (exact) mass is 255 g/mol. The molecule has 18 heavy (non-hydrogen) atoms. The fraction of sp³-hybridized carbons (Fsp3) is 0.846. The maximum atomic E-state index is 12.2. The van der Waals surface area contributed by atoms with Gasteiger partial charge in [0, 0.05) is 0 Å². The molecule has 0 bridgehead atoms. The number of carbonyl (C=O) groups excluding carboxylic acids is 1. The summed E-state index contributed by atoms with van der Waals surface area (Å²) in [5.74, 6) is 0.345. The van der Waals surface area contributed by atoms with Crippen molar-refractivity contribution >= 4 is 11.9 Å². The predicted octanol–water partition coefficient (Wildman–Crippen LogP) is 1.95. The molecule has 2 atom stereocenters. The summed E-state index contributed by atoms with van der Waals surface area (Å²) in [6.07, 6.45) is 5.31. The SMILES string of the molecule is C[C@]1(C(=O)[C@H](CC2CCCCC2)NC(=O)O)CO1. The van der Waals surface area contributed by atoms with Gasteiger partial charge in [-0.25, -0.2) is 4.79 Å². The van der Waals surface area contributed by atoms with Crippen LogP contribution >= 0.6 is 0 Å². The van der Waals surface area contributed by atoms with Crippen LogP contribution in [0, 0.1) is 5.92 Å². The number of carbonyl (C=O) groups is 2. The Kier molecular flexibility index (Phi) is 3.90. The number of rotatable bonds is 5. The van der Waals surface area contributed by atoms with Crippen molar-refractivity contribution in [2.24, 2.45) is 5.92 Å². The Morgan fingerprint density at radius 2 is 2.00 bits per heavy atom. The highest BCUT2D eigenvalue weighted by molar-refractivity contribution is 5.95. The van der Waals surface area contributed by atoms with Gasteiger partial charge >= 0.3 is 6.09 Å². The van der Waals surface area contributed by atoms with E-state index in [4.69, 9.17) is 9.84 Å². The van der Waals surface area contributed by atoms with Crippen LogP contribution in [-0.2, 0) is 9.53 Å². The van der Waals surface area contributed by atoms with Crippen LogP contribution in [0.1, 0.15) is 45.4 Å². The highest BCUT2D eigenvalue weighted by Crippen LogP contribution is 2.32. The zero-order chi connectivity index (χ0) is 13.2. The first kappa shape index (κ1) is 13.3. The van der Waals surface area contributed by atoms with Gasteiger partial charge < -0.3 is 15.2 Å². The fourth-order valence-corrected chi connectivity index (χ4v) is 2.76. The van der Waals surface area contributed by atoms with Crippen molar-refractivity contribution < 1.29 is 19.4 Å². The molecule has 0 spiro atoms. The molecule has 0 unspecified atom stereocenters. The van der Waals surface area contributed by atoms with Gasteiger partial charge in [0.05, 0.1) is 12.6 Å². The normalized spacial score (nSPS) is 29.6. The first-order valence-electron chi connectivity index (χ1n) is 6.69. The Bertz CT molecular complexity index is 332. The van der Waals surface area contributed by atoms with Crippen LogP contribution in [0.3, 0.4) is 0 Å². The van der Waals surface area contributed by atoms with E-state index in [1.54, 1.807) is 6.92 Å². The Labute approximate surface area is 107 Å². The van der Waals surface area contributed by atoms with Crippen LogP contribution in [0.25, 0.3) is 0 Å². The quantitative estimate of drug-likeness (QED) is 0.736. The minimum Gasteiger partial charge on any atom is -0.465 e. The largest absolute Gasteiger partial charge is 0.465 e. The molecule has 2 aliphatic rings. The zero-order valence-electron chi connectivity index (χ0n) is 10.8. The lowest BCUT2D eigenvalue weighted by molar-refractivity contribution is -0.126. The number of nitrogens with one attached hydrogen (secondary N) is 1. The number of hydrogen-bond acceptors (Lipinski definition) is 3. The Morgan fingerprint density at radius 1 is 1.39 bits per heavy atom. The van der Waals surface area contributed by atoms with E-state index in [0.29, 0.717) is 18.9 Å². The molecule has 2 rings (SSSR count). The van der Waals surface area contributed by atoms with E-state index >= 15 is 0 Å². The number of ether oxygens (including phenoxy) is 1. The topological polar surface area (TPSA) is 78.9 Å². The summed E-state index contributed by atoms with van der Waals surface area (Å²) < 4.78 is 5.13. The van der Waals surface area contributed by atoms with Gasteiger partial charge in [-0.2, -0.15) is 0 Å². The smallest absolute Gasteiger partial charge is 0.405 e. The van der Waals surface area contributed by atoms with Crippen LogP contribution < -0.4 is 5.32 Å². The molecule has 5 heteroatoms. The molecule has 0 aromatic carbocycles. The lowest BCUT2D eigenvalue weighted by atomic mass is 9.82. The maximum Gasteiger partial charge on any atom is 0.405 e. The van der Waals surface area contributed by atoms with Gasteiger partial charge in [0.15, 0.2) is 5.78 Å². The molecule has 1 saturated carbocycles. The molecule has 0 radical (unpaired) electrons. The molecule has 5 nitrogen and oxygen atoms in total. The van der Waals surface area contributed by atoms with E-state index in [2.05, 4.69) is 5.32 Å². The van der Waals surface area contributed by atoms with Gasteiger partial charge in [0.25, 0.3) is 0 Å². The van der Waals surface area contributed by atoms with Crippen molar-refractivity contribution in [3.8, 4) is 0 Å².